The highest BCUT2D eigenvalue weighted by Crippen LogP contribution is 2.62. The van der Waals surface area contributed by atoms with Gasteiger partial charge in [0.15, 0.2) is 17.5 Å². The Hall–Kier alpha value is -4.73. The number of para-hydroxylation sites is 2. The molecule has 4 aliphatic rings. The smallest absolute Gasteiger partial charge is 0.353 e. The van der Waals surface area contributed by atoms with Gasteiger partial charge in [-0.15, -0.1) is 0 Å². The molecule has 1 unspecified atom stereocenters. The molecule has 0 amide bonds. The van der Waals surface area contributed by atoms with Gasteiger partial charge in [0.1, 0.15) is 11.9 Å². The molecule has 38 heavy (non-hydrogen) atoms. The Bertz CT molecular complexity index is 2330. The van der Waals surface area contributed by atoms with E-state index in [-0.39, 0.29) is 0 Å². The number of nitrogens with zero attached hydrogens (tertiary/aromatic N) is 7. The van der Waals surface area contributed by atoms with Crippen LogP contribution in [0.5, 0.6) is 11.5 Å². The summed E-state index contributed by atoms with van der Waals surface area (Å²) in [6.45, 7) is 0. The molecule has 0 saturated carbocycles. The monoisotopic (exact) mass is 510 g/mol. The molecule has 1 spiro atoms. The van der Waals surface area contributed by atoms with Crippen LogP contribution in [0.1, 0.15) is 0 Å². The highest BCUT2D eigenvalue weighted by Gasteiger charge is 2.70. The molecule has 0 aliphatic carbocycles. The predicted molar refractivity (Wildman–Crippen MR) is 142 cm³/mol. The minimum absolute atomic E-state index is 0.327. The lowest BCUT2D eigenvalue weighted by atomic mass is 10.1. The summed E-state index contributed by atoms with van der Waals surface area (Å²) in [7, 11) is 2.09. The number of quaternary nitrogens is 1. The molecule has 8 heterocycles. The molecule has 176 valence electrons. The first-order valence-electron chi connectivity index (χ1n) is 12.5. The Kier molecular flexibility index (Phi) is 2.71. The molecule has 4 aromatic heterocycles. The van der Waals surface area contributed by atoms with Gasteiger partial charge >= 0.3 is 17.2 Å². The topological polar surface area (TPSA) is 52.6 Å². The van der Waals surface area contributed by atoms with Crippen LogP contribution in [0.25, 0.3) is 50.2 Å². The van der Waals surface area contributed by atoms with E-state index in [1.807, 2.05) is 18.0 Å². The maximum Gasteiger partial charge on any atom is 0.353 e. The molecule has 0 radical (unpaired) electrons. The predicted octanol–water partition coefficient (Wildman–Crippen LogP) is 5.07. The Labute approximate surface area is 218 Å². The second kappa shape index (κ2) is 5.57. The maximum absolute atomic E-state index is 6.73. The molecule has 3 aromatic carbocycles. The van der Waals surface area contributed by atoms with Gasteiger partial charge in [-0.1, -0.05) is 23.9 Å². The highest BCUT2D eigenvalue weighted by atomic mass is 32.2. The molecule has 4 aliphatic heterocycles. The molecule has 0 saturated heterocycles. The molecule has 0 bridgehead atoms. The van der Waals surface area contributed by atoms with Gasteiger partial charge in [0.25, 0.3) is 16.9 Å². The maximum atomic E-state index is 6.73. The lowest BCUT2D eigenvalue weighted by Gasteiger charge is -2.35. The number of benzene rings is 3. The highest BCUT2D eigenvalue weighted by molar-refractivity contribution is 7.99. The fraction of sp³-hybridized carbons (Fsp3) is 0.0345. The van der Waals surface area contributed by atoms with E-state index in [1.165, 1.54) is 31.8 Å². The third-order valence-corrected chi connectivity index (χ3v) is 9.71. The molecule has 1 atom stereocenters. The Morgan fingerprint density at radius 1 is 0.921 bits per heavy atom. The van der Waals surface area contributed by atoms with Gasteiger partial charge < -0.3 is 4.74 Å². The van der Waals surface area contributed by atoms with Crippen LogP contribution in [0, 0.1) is 0 Å². The summed E-state index contributed by atoms with van der Waals surface area (Å²) in [5.41, 5.74) is 8.81. The SMILES string of the molecule is Cn1c2[n+](c3cncnc31)[N+]13c4c(cccc4-2)Oc2ccc4c(c21)-n1c2c(cccc2c2ccc[n+]3c21)S4. The van der Waals surface area contributed by atoms with E-state index >= 15 is 0 Å². The molecule has 9 heteroatoms. The van der Waals surface area contributed by atoms with Crippen molar-refractivity contribution in [2.75, 3.05) is 0 Å². The first-order chi connectivity index (χ1) is 18.8. The number of ether oxygens (including phenoxy) is 1. The lowest BCUT2D eigenvalue weighted by molar-refractivity contribution is -1.01. The lowest BCUT2D eigenvalue weighted by Crippen LogP contribution is -2.84. The summed E-state index contributed by atoms with van der Waals surface area (Å²) >= 11 is 1.84. The Balaban J connectivity index is 1.52. The number of fused-ring (bicyclic) bond motifs is 5. The van der Waals surface area contributed by atoms with Crippen molar-refractivity contribution in [1.82, 2.24) is 23.8 Å². The molecule has 0 fully saturated rings. The summed E-state index contributed by atoms with van der Waals surface area (Å²) in [6.07, 6.45) is 5.78. The first kappa shape index (κ1) is 18.5. The van der Waals surface area contributed by atoms with Crippen LogP contribution in [0.3, 0.4) is 0 Å². The third-order valence-electron chi connectivity index (χ3n) is 8.61. The minimum atomic E-state index is 0.327. The van der Waals surface area contributed by atoms with E-state index in [1.54, 1.807) is 6.33 Å². The number of imidazole rings is 1. The van der Waals surface area contributed by atoms with E-state index in [0.29, 0.717) is 4.70 Å². The summed E-state index contributed by atoms with van der Waals surface area (Å²) < 4.78 is 16.5. The van der Waals surface area contributed by atoms with E-state index in [2.05, 4.69) is 97.4 Å². The number of pyridine rings is 1. The van der Waals surface area contributed by atoms with Crippen LogP contribution in [0.4, 0.5) is 11.4 Å². The van der Waals surface area contributed by atoms with Crippen molar-refractivity contribution in [2.24, 2.45) is 7.05 Å². The van der Waals surface area contributed by atoms with Crippen LogP contribution in [0.2, 0.25) is 0 Å². The fourth-order valence-electron chi connectivity index (χ4n) is 7.39. The number of hydrogen-bond acceptors (Lipinski definition) is 4. The quantitative estimate of drug-likeness (QED) is 0.211. The Morgan fingerprint density at radius 2 is 1.82 bits per heavy atom. The van der Waals surface area contributed by atoms with E-state index in [9.17, 15) is 0 Å². The van der Waals surface area contributed by atoms with E-state index < -0.39 is 0 Å². The molecular weight excluding hydrogens is 494 g/mol. The van der Waals surface area contributed by atoms with Crippen molar-refractivity contribution in [2.45, 2.75) is 9.79 Å². The number of rotatable bonds is 0. The normalized spacial score (nSPS) is 18.3. The summed E-state index contributed by atoms with van der Waals surface area (Å²) in [6, 6.07) is 21.8. The summed E-state index contributed by atoms with van der Waals surface area (Å²) in [5.74, 6) is 2.80. The first-order valence-corrected chi connectivity index (χ1v) is 13.4. The standard InChI is InChI=1S/C29H16N7OS/c1-32-27-18(13-30-14-31-27)35-28(32)17-6-2-8-19-25(17)36(35)26-20(37-19)10-11-22-24(26)34-23-15(5-3-9-21(23)38-22)16-7-4-12-33(36)29(16)34/h2-14H,1H3/q+3. The van der Waals surface area contributed by atoms with Crippen molar-refractivity contribution in [1.29, 1.82) is 0 Å². The zero-order valence-electron chi connectivity index (χ0n) is 20.0. The zero-order valence-corrected chi connectivity index (χ0v) is 20.8. The zero-order chi connectivity index (χ0) is 24.5. The number of hydrogen-bond donors (Lipinski definition) is 0. The van der Waals surface area contributed by atoms with Gasteiger partial charge in [0.2, 0.25) is 11.4 Å². The third kappa shape index (κ3) is 1.61. The van der Waals surface area contributed by atoms with Crippen LogP contribution in [-0.4, -0.2) is 19.1 Å². The average Bonchev–Trinajstić information content (AvgIpc) is 3.57. The summed E-state index contributed by atoms with van der Waals surface area (Å²) in [5, 5.41) is 2.50. The van der Waals surface area contributed by atoms with Gasteiger partial charge in [-0.2, -0.15) is 9.55 Å². The van der Waals surface area contributed by atoms with Crippen LogP contribution in [0.15, 0.2) is 89.2 Å². The van der Waals surface area contributed by atoms with Crippen molar-refractivity contribution in [3.8, 4) is 28.6 Å². The molecule has 7 aromatic rings. The molecule has 0 N–H and O–H groups in total. The van der Waals surface area contributed by atoms with Gasteiger partial charge in [0.05, 0.1) is 33.1 Å². The minimum Gasteiger partial charge on any atom is -0.444 e. The number of aromatic nitrogens is 6. The molecule has 8 nitrogen and oxygen atoms in total. The van der Waals surface area contributed by atoms with Crippen molar-refractivity contribution >= 4 is 56.2 Å². The van der Waals surface area contributed by atoms with Crippen molar-refractivity contribution in [3.05, 3.63) is 79.4 Å². The van der Waals surface area contributed by atoms with Crippen molar-refractivity contribution in [3.63, 3.8) is 0 Å². The van der Waals surface area contributed by atoms with Gasteiger partial charge in [-0.25, -0.2) is 9.55 Å². The van der Waals surface area contributed by atoms with E-state index in [4.69, 9.17) is 9.72 Å². The fourth-order valence-corrected chi connectivity index (χ4v) is 8.49. The van der Waals surface area contributed by atoms with Crippen LogP contribution in [-0.2, 0) is 7.05 Å². The second-order valence-corrected chi connectivity index (χ2v) is 11.3. The largest absolute Gasteiger partial charge is 0.444 e. The number of aryl methyl sites for hydroxylation is 1. The molecular formula is C29H16N7OS+3. The Morgan fingerprint density at radius 3 is 2.79 bits per heavy atom. The average molecular weight is 511 g/mol. The van der Waals surface area contributed by atoms with Crippen molar-refractivity contribution < 1.29 is 14.1 Å². The van der Waals surface area contributed by atoms with Crippen LogP contribution >= 0.6 is 11.8 Å². The van der Waals surface area contributed by atoms with Gasteiger partial charge in [-0.3, -0.25) is 0 Å². The summed E-state index contributed by atoms with van der Waals surface area (Å²) in [4.78, 5) is 11.7. The van der Waals surface area contributed by atoms with Gasteiger partial charge in [0, 0.05) is 10.1 Å². The van der Waals surface area contributed by atoms with Gasteiger partial charge in [-0.05, 0) is 53.2 Å². The second-order valence-electron chi connectivity index (χ2n) is 10.2. The molecule has 11 rings (SSSR count). The van der Waals surface area contributed by atoms with E-state index in [0.717, 1.165) is 51.1 Å². The van der Waals surface area contributed by atoms with Crippen LogP contribution < -0.4 is 18.8 Å².